The van der Waals surface area contributed by atoms with Gasteiger partial charge in [-0.2, -0.15) is 0 Å². The third kappa shape index (κ3) is 17.0. The second-order valence-electron chi connectivity index (χ2n) is 15.4. The van der Waals surface area contributed by atoms with Gasteiger partial charge >= 0.3 is 5.97 Å². The molecule has 20 heteroatoms. The molecule has 1 heterocycles. The van der Waals surface area contributed by atoms with E-state index in [-0.39, 0.29) is 69.2 Å². The molecule has 2 rings (SSSR count). The second-order valence-corrected chi connectivity index (χ2v) is 15.4. The smallest absolute Gasteiger partial charge is 0.326 e. The Morgan fingerprint density at radius 2 is 1.59 bits per heavy atom. The molecule has 1 aromatic rings. The summed E-state index contributed by atoms with van der Waals surface area (Å²) in [6, 6.07) is -0.827. The van der Waals surface area contributed by atoms with E-state index in [4.69, 9.17) is 17.0 Å². The van der Waals surface area contributed by atoms with Crippen molar-refractivity contribution in [2.24, 2.45) is 33.4 Å². The summed E-state index contributed by atoms with van der Waals surface area (Å²) in [5.74, 6) is -5.08. The number of rotatable bonds is 26. The fraction of sp³-hybridized carbons (Fsp3) is 0.667. The van der Waals surface area contributed by atoms with Gasteiger partial charge in [0.25, 0.3) is 0 Å². The zero-order chi connectivity index (χ0) is 44.1. The number of aromatic hydroxyl groups is 1. The maximum Gasteiger partial charge on any atom is 0.326 e. The van der Waals surface area contributed by atoms with Crippen LogP contribution < -0.4 is 38.1 Å². The maximum atomic E-state index is 14.2. The Bertz CT molecular complexity index is 1630. The standard InChI is InChI=1S/C39H64N12O8/c1-6-24(4)32(36(56)47-30(38(58)59)21-23(2)3)48-34(54)29(22-25-14-16-26(52)17-15-25)46-35(55)31-13-10-20-51(31)37(57)28(12-9-19-44-39(40)41)45-33(53)27(49-50-42)11-7-8-18-43-5/h14-17,23-24,27-32,43,52H,6-13,18-22H2,1-5H3,(H,45,53)(H,46,55)(H,47,56)(H,48,54)(H,58,59)(H4,40,41,44)/t24-,27-,28-,29-,30-,31-,32-/m0/s1. The van der Waals surface area contributed by atoms with Gasteiger partial charge in [-0.1, -0.05) is 57.8 Å². The number of nitrogens with zero attached hydrogens (tertiary/aromatic N) is 5. The number of guanidine groups is 1. The molecule has 1 aliphatic rings. The SMILES string of the molecule is CC[C@H](C)[C@H](NC(=O)[C@H](Cc1ccc(O)cc1)NC(=O)[C@@H]1CCCN1C(=O)[C@H](CCCN=C(N)N)NC(=O)[C@H](CCCCNC)N=[N+]=[N-])C(=O)N[C@@H](CC(C)C)C(=O)O. The number of carbonyl (C=O) groups excluding carboxylic acids is 5. The van der Waals surface area contributed by atoms with Crippen molar-refractivity contribution >= 4 is 41.5 Å². The van der Waals surface area contributed by atoms with Crippen LogP contribution in [0.5, 0.6) is 5.75 Å². The van der Waals surface area contributed by atoms with Crippen molar-refractivity contribution in [1.29, 1.82) is 0 Å². The highest BCUT2D eigenvalue weighted by Crippen LogP contribution is 2.21. The minimum Gasteiger partial charge on any atom is -0.508 e. The number of hydrogen-bond acceptors (Lipinski definition) is 10. The lowest BCUT2D eigenvalue weighted by molar-refractivity contribution is -0.143. The highest BCUT2D eigenvalue weighted by atomic mass is 16.4. The number of unbranched alkanes of at least 4 members (excludes halogenated alkanes) is 1. The van der Waals surface area contributed by atoms with Crippen LogP contribution in [0.3, 0.4) is 0 Å². The number of hydrogen-bond donors (Lipinski definition) is 9. The predicted molar refractivity (Wildman–Crippen MR) is 221 cm³/mol. The fourth-order valence-electron chi connectivity index (χ4n) is 6.73. The minimum absolute atomic E-state index is 0.0127. The van der Waals surface area contributed by atoms with Crippen molar-refractivity contribution in [3.63, 3.8) is 0 Å². The van der Waals surface area contributed by atoms with E-state index in [1.165, 1.54) is 17.0 Å². The summed E-state index contributed by atoms with van der Waals surface area (Å²) in [7, 11) is 1.80. The molecular weight excluding hydrogens is 765 g/mol. The first-order valence-corrected chi connectivity index (χ1v) is 20.3. The van der Waals surface area contributed by atoms with E-state index in [1.807, 2.05) is 20.8 Å². The molecule has 0 aliphatic carbocycles. The van der Waals surface area contributed by atoms with Crippen LogP contribution >= 0.6 is 0 Å². The molecule has 11 N–H and O–H groups in total. The van der Waals surface area contributed by atoms with E-state index in [0.29, 0.717) is 31.4 Å². The zero-order valence-corrected chi connectivity index (χ0v) is 34.9. The third-order valence-corrected chi connectivity index (χ3v) is 10.2. The van der Waals surface area contributed by atoms with Gasteiger partial charge in [0.15, 0.2) is 5.96 Å². The molecule has 0 spiro atoms. The molecule has 0 unspecified atom stereocenters. The average molecular weight is 829 g/mol. The number of carboxylic acids is 1. The van der Waals surface area contributed by atoms with Gasteiger partial charge in [-0.05, 0) is 93.6 Å². The van der Waals surface area contributed by atoms with Crippen LogP contribution in [0.1, 0.15) is 91.0 Å². The lowest BCUT2D eigenvalue weighted by atomic mass is 9.96. The van der Waals surface area contributed by atoms with E-state index >= 15 is 0 Å². The molecule has 1 aromatic carbocycles. The normalized spacial score (nSPS) is 16.6. The lowest BCUT2D eigenvalue weighted by Gasteiger charge is -2.31. The average Bonchev–Trinajstić information content (AvgIpc) is 3.69. The van der Waals surface area contributed by atoms with Crippen LogP contribution in [-0.4, -0.2) is 120 Å². The molecule has 5 amide bonds. The van der Waals surface area contributed by atoms with Crippen molar-refractivity contribution in [2.45, 2.75) is 128 Å². The Balaban J connectivity index is 2.40. The number of aliphatic carboxylic acids is 1. The number of aliphatic imine (C=N–C) groups is 1. The van der Waals surface area contributed by atoms with E-state index < -0.39 is 77.7 Å². The topological polar surface area (TPSA) is 319 Å². The first kappa shape index (κ1) is 49.5. The van der Waals surface area contributed by atoms with E-state index in [9.17, 15) is 39.0 Å². The molecule has 20 nitrogen and oxygen atoms in total. The Morgan fingerprint density at radius 1 is 0.915 bits per heavy atom. The van der Waals surface area contributed by atoms with Crippen molar-refractivity contribution in [1.82, 2.24) is 31.5 Å². The maximum absolute atomic E-state index is 14.2. The van der Waals surface area contributed by atoms with E-state index in [2.05, 4.69) is 41.6 Å². The zero-order valence-electron chi connectivity index (χ0n) is 34.9. The number of azide groups is 1. The van der Waals surface area contributed by atoms with Crippen molar-refractivity contribution in [2.75, 3.05) is 26.7 Å². The molecule has 0 aromatic heterocycles. The number of carbonyl (C=O) groups is 6. The molecule has 59 heavy (non-hydrogen) atoms. The molecule has 7 atom stereocenters. The summed E-state index contributed by atoms with van der Waals surface area (Å²) in [6.45, 7) is 8.25. The van der Waals surface area contributed by atoms with E-state index in [1.54, 1.807) is 26.1 Å². The molecule has 328 valence electrons. The van der Waals surface area contributed by atoms with Crippen molar-refractivity contribution in [3.8, 4) is 5.75 Å². The van der Waals surface area contributed by atoms with Crippen molar-refractivity contribution in [3.05, 3.63) is 40.3 Å². The molecule has 0 radical (unpaired) electrons. The lowest BCUT2D eigenvalue weighted by Crippen LogP contribution is -2.60. The van der Waals surface area contributed by atoms with Crippen LogP contribution in [0, 0.1) is 11.8 Å². The second kappa shape index (κ2) is 25.7. The molecule has 0 saturated carbocycles. The van der Waals surface area contributed by atoms with Gasteiger partial charge in [0.1, 0.15) is 42.0 Å². The molecule has 1 aliphatic heterocycles. The van der Waals surface area contributed by atoms with Gasteiger partial charge in [-0.15, -0.1) is 0 Å². The largest absolute Gasteiger partial charge is 0.508 e. The van der Waals surface area contributed by atoms with Crippen LogP contribution in [0.4, 0.5) is 0 Å². The number of phenols is 1. The van der Waals surface area contributed by atoms with E-state index in [0.717, 1.165) is 6.42 Å². The number of likely N-dealkylation sites (tertiary alicyclic amines) is 1. The van der Waals surface area contributed by atoms with Crippen LogP contribution in [0.15, 0.2) is 34.4 Å². The monoisotopic (exact) mass is 828 g/mol. The molecule has 0 bridgehead atoms. The van der Waals surface area contributed by atoms with Gasteiger partial charge in [-0.25, -0.2) is 4.79 Å². The minimum atomic E-state index is -1.27. The van der Waals surface area contributed by atoms with Gasteiger partial charge < -0.3 is 53.2 Å². The van der Waals surface area contributed by atoms with Gasteiger partial charge in [0, 0.05) is 24.4 Å². The summed E-state index contributed by atoms with van der Waals surface area (Å²) in [5, 5.41) is 37.1. The van der Waals surface area contributed by atoms with Gasteiger partial charge in [0.2, 0.25) is 29.5 Å². The summed E-state index contributed by atoms with van der Waals surface area (Å²) < 4.78 is 0. The number of phenolic OH excluding ortho intramolecular Hbond substituents is 1. The predicted octanol–water partition coefficient (Wildman–Crippen LogP) is 1.16. The van der Waals surface area contributed by atoms with Crippen LogP contribution in [0.2, 0.25) is 0 Å². The summed E-state index contributed by atoms with van der Waals surface area (Å²) >= 11 is 0. The molecule has 1 fully saturated rings. The Hall–Kier alpha value is -5.62. The molecule has 1 saturated heterocycles. The van der Waals surface area contributed by atoms with Crippen LogP contribution in [-0.2, 0) is 35.2 Å². The third-order valence-electron chi connectivity index (χ3n) is 10.2. The first-order valence-electron chi connectivity index (χ1n) is 20.3. The Kier molecular flexibility index (Phi) is 21.6. The highest BCUT2D eigenvalue weighted by molar-refractivity contribution is 5.97. The van der Waals surface area contributed by atoms with Crippen LogP contribution in [0.25, 0.3) is 10.4 Å². The number of carboxylic acid groups (broad SMARTS) is 1. The Labute approximate surface area is 345 Å². The number of benzene rings is 1. The fourth-order valence-corrected chi connectivity index (χ4v) is 6.73. The Morgan fingerprint density at radius 3 is 2.19 bits per heavy atom. The summed E-state index contributed by atoms with van der Waals surface area (Å²) in [4.78, 5) is 89.5. The number of nitrogens with one attached hydrogen (secondary N) is 5. The highest BCUT2D eigenvalue weighted by Gasteiger charge is 2.40. The number of amides is 5. The first-order chi connectivity index (χ1) is 28.0. The van der Waals surface area contributed by atoms with Gasteiger partial charge in [0.05, 0.1) is 0 Å². The van der Waals surface area contributed by atoms with Gasteiger partial charge in [-0.3, -0.25) is 29.0 Å². The quantitative estimate of drug-likeness (QED) is 0.0159. The molecular formula is C39H64N12O8. The summed E-state index contributed by atoms with van der Waals surface area (Å²) in [5.41, 5.74) is 20.7. The summed E-state index contributed by atoms with van der Waals surface area (Å²) in [6.07, 6.45) is 3.21. The number of nitrogens with two attached hydrogens (primary N) is 2. The van der Waals surface area contributed by atoms with Crippen molar-refractivity contribution < 1.29 is 39.0 Å².